The molecule has 0 saturated carbocycles. The molecule has 0 radical (unpaired) electrons. The molecule has 0 aliphatic carbocycles. The number of carbonyl (C=O) groups is 2. The van der Waals surface area contributed by atoms with E-state index in [2.05, 4.69) is 12.2 Å². The van der Waals surface area contributed by atoms with Crippen LogP contribution in [0.1, 0.15) is 39.0 Å². The van der Waals surface area contributed by atoms with Gasteiger partial charge in [0.1, 0.15) is 0 Å². The molecule has 2 fully saturated rings. The largest absolute Gasteiger partial charge is 0.355 e. The van der Waals surface area contributed by atoms with Crippen molar-refractivity contribution in [1.82, 2.24) is 10.2 Å². The van der Waals surface area contributed by atoms with Gasteiger partial charge in [-0.3, -0.25) is 9.59 Å². The van der Waals surface area contributed by atoms with E-state index in [9.17, 15) is 9.59 Å². The van der Waals surface area contributed by atoms with Gasteiger partial charge in [0.15, 0.2) is 0 Å². The van der Waals surface area contributed by atoms with E-state index in [0.717, 1.165) is 38.3 Å². The Bertz CT molecular complexity index is 294. The Balaban J connectivity index is 1.88. The molecule has 0 aromatic rings. The molecule has 4 heteroatoms. The van der Waals surface area contributed by atoms with Gasteiger partial charge in [0.05, 0.1) is 5.92 Å². The lowest BCUT2D eigenvalue weighted by Crippen LogP contribution is -2.45. The van der Waals surface area contributed by atoms with E-state index < -0.39 is 0 Å². The van der Waals surface area contributed by atoms with Gasteiger partial charge >= 0.3 is 0 Å². The number of nitrogens with one attached hydrogen (secondary N) is 1. The van der Waals surface area contributed by atoms with Crippen molar-refractivity contribution in [2.45, 2.75) is 39.0 Å². The number of rotatable bonds is 1. The predicted molar refractivity (Wildman–Crippen MR) is 65.3 cm³/mol. The monoisotopic (exact) mass is 238 g/mol. The van der Waals surface area contributed by atoms with Gasteiger partial charge in [0, 0.05) is 26.1 Å². The van der Waals surface area contributed by atoms with Gasteiger partial charge in [-0.1, -0.05) is 6.92 Å². The zero-order valence-corrected chi connectivity index (χ0v) is 10.6. The van der Waals surface area contributed by atoms with Gasteiger partial charge < -0.3 is 10.2 Å². The van der Waals surface area contributed by atoms with Crippen LogP contribution < -0.4 is 5.32 Å². The molecule has 96 valence electrons. The number of hydrogen-bond acceptors (Lipinski definition) is 2. The Morgan fingerprint density at radius 1 is 1.29 bits per heavy atom. The first-order valence-corrected chi connectivity index (χ1v) is 6.72. The molecule has 2 atom stereocenters. The van der Waals surface area contributed by atoms with Crippen molar-refractivity contribution in [2.24, 2.45) is 11.8 Å². The summed E-state index contributed by atoms with van der Waals surface area (Å²) >= 11 is 0. The first-order valence-electron chi connectivity index (χ1n) is 6.72. The minimum atomic E-state index is 0.0149. The summed E-state index contributed by atoms with van der Waals surface area (Å²) in [6.45, 7) is 4.58. The molecule has 2 heterocycles. The van der Waals surface area contributed by atoms with Crippen LogP contribution in [-0.4, -0.2) is 36.3 Å². The van der Waals surface area contributed by atoms with Gasteiger partial charge in [-0.2, -0.15) is 0 Å². The van der Waals surface area contributed by atoms with Crippen LogP contribution in [0, 0.1) is 11.8 Å². The molecule has 2 aliphatic heterocycles. The average Bonchev–Trinajstić information content (AvgIpc) is 2.54. The quantitative estimate of drug-likeness (QED) is 0.745. The molecule has 2 saturated heterocycles. The summed E-state index contributed by atoms with van der Waals surface area (Å²) in [6.07, 6.45) is 4.68. The van der Waals surface area contributed by atoms with Crippen molar-refractivity contribution in [3.63, 3.8) is 0 Å². The molecule has 2 aliphatic rings. The lowest BCUT2D eigenvalue weighted by Gasteiger charge is -2.28. The zero-order chi connectivity index (χ0) is 12.3. The lowest BCUT2D eigenvalue weighted by molar-refractivity contribution is -0.137. The third kappa shape index (κ3) is 3.20. The molecular weight excluding hydrogens is 216 g/mol. The second kappa shape index (κ2) is 5.52. The molecule has 2 rings (SSSR count). The second-order valence-corrected chi connectivity index (χ2v) is 5.40. The maximum Gasteiger partial charge on any atom is 0.227 e. The first-order chi connectivity index (χ1) is 8.16. The van der Waals surface area contributed by atoms with Crippen LogP contribution in [0.2, 0.25) is 0 Å². The van der Waals surface area contributed by atoms with Crippen LogP contribution in [0.15, 0.2) is 0 Å². The Hall–Kier alpha value is -1.06. The Morgan fingerprint density at radius 3 is 2.82 bits per heavy atom. The Kier molecular flexibility index (Phi) is 4.02. The molecule has 1 N–H and O–H groups in total. The van der Waals surface area contributed by atoms with Gasteiger partial charge in [-0.15, -0.1) is 0 Å². The average molecular weight is 238 g/mol. The number of nitrogens with zero attached hydrogens (tertiary/aromatic N) is 1. The normalized spacial score (nSPS) is 30.6. The summed E-state index contributed by atoms with van der Waals surface area (Å²) in [7, 11) is 0. The molecule has 0 aromatic heterocycles. The minimum Gasteiger partial charge on any atom is -0.355 e. The number of piperidine rings is 1. The highest BCUT2D eigenvalue weighted by molar-refractivity contribution is 5.83. The lowest BCUT2D eigenvalue weighted by atomic mass is 9.97. The smallest absolute Gasteiger partial charge is 0.227 e. The summed E-state index contributed by atoms with van der Waals surface area (Å²) in [5, 5.41) is 2.79. The minimum absolute atomic E-state index is 0.0149. The van der Waals surface area contributed by atoms with Crippen LogP contribution in [0.25, 0.3) is 0 Å². The molecule has 4 nitrogen and oxygen atoms in total. The molecule has 0 aromatic carbocycles. The van der Waals surface area contributed by atoms with E-state index in [1.165, 1.54) is 6.42 Å². The van der Waals surface area contributed by atoms with E-state index in [4.69, 9.17) is 0 Å². The van der Waals surface area contributed by atoms with Crippen molar-refractivity contribution >= 4 is 11.8 Å². The van der Waals surface area contributed by atoms with E-state index in [-0.39, 0.29) is 17.7 Å². The first kappa shape index (κ1) is 12.4. The summed E-state index contributed by atoms with van der Waals surface area (Å²) in [5.74, 6) is 1.08. The second-order valence-electron chi connectivity index (χ2n) is 5.40. The summed E-state index contributed by atoms with van der Waals surface area (Å²) in [4.78, 5) is 25.4. The Labute approximate surface area is 103 Å². The topological polar surface area (TPSA) is 49.4 Å². The van der Waals surface area contributed by atoms with Gasteiger partial charge in [0.2, 0.25) is 11.8 Å². The predicted octanol–water partition coefficient (Wildman–Crippen LogP) is 1.16. The highest BCUT2D eigenvalue weighted by Gasteiger charge is 2.29. The third-order valence-electron chi connectivity index (χ3n) is 3.94. The standard InChI is InChI=1S/C13H22N2O2/c1-10-3-2-7-15(8-6-10)13(17)11-4-5-12(16)14-9-11/h10-11H,2-9H2,1H3,(H,14,16). The fourth-order valence-electron chi connectivity index (χ4n) is 2.69. The highest BCUT2D eigenvalue weighted by Crippen LogP contribution is 2.20. The molecule has 17 heavy (non-hydrogen) atoms. The number of amides is 2. The van der Waals surface area contributed by atoms with Crippen molar-refractivity contribution in [2.75, 3.05) is 19.6 Å². The van der Waals surface area contributed by atoms with Crippen molar-refractivity contribution < 1.29 is 9.59 Å². The Morgan fingerprint density at radius 2 is 2.12 bits per heavy atom. The zero-order valence-electron chi connectivity index (χ0n) is 10.6. The number of carbonyl (C=O) groups excluding carboxylic acids is 2. The van der Waals surface area contributed by atoms with Gasteiger partial charge in [-0.25, -0.2) is 0 Å². The van der Waals surface area contributed by atoms with Crippen LogP contribution in [0.3, 0.4) is 0 Å². The molecule has 2 amide bonds. The highest BCUT2D eigenvalue weighted by atomic mass is 16.2. The van der Waals surface area contributed by atoms with Gasteiger partial charge in [0.25, 0.3) is 0 Å². The number of hydrogen-bond donors (Lipinski definition) is 1. The van der Waals surface area contributed by atoms with E-state index >= 15 is 0 Å². The van der Waals surface area contributed by atoms with Gasteiger partial charge in [-0.05, 0) is 31.6 Å². The molecule has 0 spiro atoms. The van der Waals surface area contributed by atoms with Crippen LogP contribution in [-0.2, 0) is 9.59 Å². The molecule has 0 bridgehead atoms. The van der Waals surface area contributed by atoms with Crippen molar-refractivity contribution in [3.05, 3.63) is 0 Å². The fraction of sp³-hybridized carbons (Fsp3) is 0.846. The van der Waals surface area contributed by atoms with Crippen LogP contribution in [0.4, 0.5) is 0 Å². The van der Waals surface area contributed by atoms with E-state index in [0.29, 0.717) is 13.0 Å². The summed E-state index contributed by atoms with van der Waals surface area (Å²) in [5.41, 5.74) is 0. The van der Waals surface area contributed by atoms with Crippen LogP contribution >= 0.6 is 0 Å². The number of likely N-dealkylation sites (tertiary alicyclic amines) is 1. The summed E-state index contributed by atoms with van der Waals surface area (Å²) in [6, 6.07) is 0. The van der Waals surface area contributed by atoms with Crippen molar-refractivity contribution in [3.8, 4) is 0 Å². The molecular formula is C13H22N2O2. The third-order valence-corrected chi connectivity index (χ3v) is 3.94. The van der Waals surface area contributed by atoms with E-state index in [1.807, 2.05) is 4.90 Å². The maximum atomic E-state index is 12.3. The van der Waals surface area contributed by atoms with Crippen LogP contribution in [0.5, 0.6) is 0 Å². The molecule has 2 unspecified atom stereocenters. The van der Waals surface area contributed by atoms with Crippen molar-refractivity contribution in [1.29, 1.82) is 0 Å². The fourth-order valence-corrected chi connectivity index (χ4v) is 2.69. The summed E-state index contributed by atoms with van der Waals surface area (Å²) < 4.78 is 0. The SMILES string of the molecule is CC1CCCN(C(=O)C2CCC(=O)NC2)CC1. The maximum absolute atomic E-state index is 12.3. The van der Waals surface area contributed by atoms with E-state index in [1.54, 1.807) is 0 Å².